The van der Waals surface area contributed by atoms with Crippen LogP contribution in [0, 0.1) is 24.7 Å². The summed E-state index contributed by atoms with van der Waals surface area (Å²) in [6.07, 6.45) is 7.88. The van der Waals surface area contributed by atoms with Gasteiger partial charge >= 0.3 is 0 Å². The fourth-order valence-corrected chi connectivity index (χ4v) is 8.65. The molecule has 4 saturated carbocycles. The van der Waals surface area contributed by atoms with E-state index in [4.69, 9.17) is 4.98 Å². The molecule has 2 heterocycles. The lowest BCUT2D eigenvalue weighted by Crippen LogP contribution is -2.61. The average Bonchev–Trinajstić information content (AvgIpc) is 3.32. The van der Waals surface area contributed by atoms with Crippen LogP contribution in [0.15, 0.2) is 42.5 Å². The number of rotatable bonds is 4. The third kappa shape index (κ3) is 3.34. The van der Waals surface area contributed by atoms with Gasteiger partial charge in [-0.2, -0.15) is 0 Å². The summed E-state index contributed by atoms with van der Waals surface area (Å²) in [6, 6.07) is 13.6. The monoisotopic (exact) mass is 471 g/mol. The molecule has 1 N–H and O–H groups in total. The number of carbonyl (C=O) groups is 2. The Labute approximate surface area is 203 Å². The number of anilines is 1. The van der Waals surface area contributed by atoms with E-state index in [1.807, 2.05) is 24.3 Å². The van der Waals surface area contributed by atoms with Crippen LogP contribution < -0.4 is 10.2 Å². The maximum absolute atomic E-state index is 13.4. The van der Waals surface area contributed by atoms with Crippen molar-refractivity contribution in [2.24, 2.45) is 17.8 Å². The molecule has 3 aromatic rings. The summed E-state index contributed by atoms with van der Waals surface area (Å²) in [5, 5.41) is 4.69. The lowest BCUT2D eigenvalue weighted by Gasteiger charge is -2.57. The van der Waals surface area contributed by atoms with Gasteiger partial charge in [0.25, 0.3) is 5.91 Å². The number of fused-ring (bicyclic) bond motifs is 1. The van der Waals surface area contributed by atoms with Crippen LogP contribution in [0.25, 0.3) is 20.8 Å². The lowest BCUT2D eigenvalue weighted by molar-refractivity contribution is -0.122. The van der Waals surface area contributed by atoms with E-state index in [-0.39, 0.29) is 23.8 Å². The molecule has 2 amide bonds. The number of nitrogens with zero attached hydrogens (tertiary/aromatic N) is 2. The number of carbonyl (C=O) groups excluding carboxylic acids is 2. The summed E-state index contributed by atoms with van der Waals surface area (Å²) in [4.78, 5) is 32.5. The summed E-state index contributed by atoms with van der Waals surface area (Å²) >= 11 is 1.67. The molecular weight excluding hydrogens is 442 g/mol. The van der Waals surface area contributed by atoms with Crippen molar-refractivity contribution in [1.29, 1.82) is 0 Å². The van der Waals surface area contributed by atoms with Crippen LogP contribution in [-0.2, 0) is 9.59 Å². The van der Waals surface area contributed by atoms with Crippen molar-refractivity contribution in [1.82, 2.24) is 10.3 Å². The number of imide groups is 1. The van der Waals surface area contributed by atoms with Gasteiger partial charge in [-0.25, -0.2) is 9.88 Å². The number of thiazole rings is 1. The molecule has 4 bridgehead atoms. The van der Waals surface area contributed by atoms with Gasteiger partial charge in [0.15, 0.2) is 0 Å². The lowest BCUT2D eigenvalue weighted by atomic mass is 9.53. The van der Waals surface area contributed by atoms with Crippen LogP contribution in [-0.4, -0.2) is 28.4 Å². The average molecular weight is 472 g/mol. The first-order valence-electron chi connectivity index (χ1n) is 12.6. The zero-order valence-corrected chi connectivity index (χ0v) is 20.2. The predicted molar refractivity (Wildman–Crippen MR) is 135 cm³/mol. The number of aromatic nitrogens is 1. The first-order valence-corrected chi connectivity index (χ1v) is 13.4. The topological polar surface area (TPSA) is 62.3 Å². The Morgan fingerprint density at radius 1 is 0.971 bits per heavy atom. The van der Waals surface area contributed by atoms with E-state index in [0.29, 0.717) is 5.69 Å². The predicted octanol–water partition coefficient (Wildman–Crippen LogP) is 5.46. The van der Waals surface area contributed by atoms with Crippen LogP contribution in [0.3, 0.4) is 0 Å². The molecule has 1 saturated heterocycles. The zero-order valence-electron chi connectivity index (χ0n) is 19.4. The minimum atomic E-state index is -0.393. The minimum absolute atomic E-state index is 0.0699. The third-order valence-electron chi connectivity index (χ3n) is 8.58. The second kappa shape index (κ2) is 7.46. The largest absolute Gasteiger partial charge is 0.300 e. The Kier molecular flexibility index (Phi) is 4.56. The first-order chi connectivity index (χ1) is 16.4. The molecule has 5 aliphatic rings. The van der Waals surface area contributed by atoms with Gasteiger partial charge in [-0.05, 0) is 105 Å². The Hall–Kier alpha value is -2.57. The van der Waals surface area contributed by atoms with E-state index >= 15 is 0 Å². The number of benzene rings is 2. The maximum atomic E-state index is 13.4. The molecule has 5 fully saturated rings. The van der Waals surface area contributed by atoms with Crippen molar-refractivity contribution in [3.8, 4) is 10.6 Å². The summed E-state index contributed by atoms with van der Waals surface area (Å²) in [7, 11) is 0. The molecule has 34 heavy (non-hydrogen) atoms. The van der Waals surface area contributed by atoms with E-state index in [1.54, 1.807) is 11.3 Å². The van der Waals surface area contributed by atoms with Crippen LogP contribution in [0.4, 0.5) is 5.69 Å². The number of amides is 2. The molecule has 174 valence electrons. The molecule has 8 rings (SSSR count). The smallest absolute Gasteiger partial charge is 0.251 e. The Morgan fingerprint density at radius 3 is 2.32 bits per heavy atom. The second-order valence-electron chi connectivity index (χ2n) is 11.2. The maximum Gasteiger partial charge on any atom is 0.251 e. The summed E-state index contributed by atoms with van der Waals surface area (Å²) in [5.74, 6) is 2.22. The zero-order chi connectivity index (χ0) is 23.0. The minimum Gasteiger partial charge on any atom is -0.300 e. The van der Waals surface area contributed by atoms with Crippen LogP contribution >= 0.6 is 11.3 Å². The van der Waals surface area contributed by atoms with Crippen molar-refractivity contribution >= 4 is 39.1 Å². The van der Waals surface area contributed by atoms with Crippen LogP contribution in [0.2, 0.25) is 0 Å². The summed E-state index contributed by atoms with van der Waals surface area (Å²) in [5.41, 5.74) is 3.95. The van der Waals surface area contributed by atoms with E-state index in [9.17, 15) is 9.59 Å². The number of nitrogens with one attached hydrogen (secondary N) is 1. The molecule has 0 radical (unpaired) electrons. The molecule has 4 aliphatic carbocycles. The standard InChI is InChI=1S/C28H29N3O2S/c1-16-2-7-22-24(8-16)34-26(29-22)20-3-5-21(6-4-20)31-25(32)12-23(27(31)33)30-28-13-17-9-18(14-28)11-19(10-17)15-28/h2-8,17-19,23,30H,9-15H2,1H3. The third-order valence-corrected chi connectivity index (χ3v) is 9.65. The normalized spacial score (nSPS) is 32.3. The Bertz CT molecular complexity index is 1280. The molecule has 1 aromatic heterocycles. The van der Waals surface area contributed by atoms with Gasteiger partial charge in [-0.1, -0.05) is 6.07 Å². The summed E-state index contributed by atoms with van der Waals surface area (Å²) < 4.78 is 1.17. The fourth-order valence-electron chi connectivity index (χ4n) is 7.58. The highest BCUT2D eigenvalue weighted by molar-refractivity contribution is 7.21. The SMILES string of the molecule is Cc1ccc2nc(-c3ccc(N4C(=O)CC(NC56CC7CC(CC(C7)C5)C6)C4=O)cc3)sc2c1. The van der Waals surface area contributed by atoms with Crippen LogP contribution in [0.1, 0.15) is 50.5 Å². The number of hydrogen-bond acceptors (Lipinski definition) is 5. The molecule has 2 aromatic carbocycles. The van der Waals surface area contributed by atoms with Gasteiger partial charge in [0, 0.05) is 11.1 Å². The Balaban J connectivity index is 1.11. The summed E-state index contributed by atoms with van der Waals surface area (Å²) in [6.45, 7) is 2.09. The molecule has 6 heteroatoms. The molecule has 0 spiro atoms. The molecular formula is C28H29N3O2S. The van der Waals surface area contributed by atoms with Gasteiger partial charge in [0.2, 0.25) is 5.91 Å². The second-order valence-corrected chi connectivity index (χ2v) is 12.2. The highest BCUT2D eigenvalue weighted by Crippen LogP contribution is 2.56. The van der Waals surface area contributed by atoms with Crippen LogP contribution in [0.5, 0.6) is 0 Å². The van der Waals surface area contributed by atoms with E-state index < -0.39 is 6.04 Å². The van der Waals surface area contributed by atoms with Gasteiger partial charge in [0.1, 0.15) is 5.01 Å². The van der Waals surface area contributed by atoms with Gasteiger partial charge in [-0.3, -0.25) is 14.9 Å². The van der Waals surface area contributed by atoms with Gasteiger partial charge in [-0.15, -0.1) is 11.3 Å². The van der Waals surface area contributed by atoms with Crippen molar-refractivity contribution in [2.45, 2.75) is 63.5 Å². The van der Waals surface area contributed by atoms with Crippen molar-refractivity contribution in [3.63, 3.8) is 0 Å². The molecule has 5 nitrogen and oxygen atoms in total. The van der Waals surface area contributed by atoms with Crippen molar-refractivity contribution in [3.05, 3.63) is 48.0 Å². The van der Waals surface area contributed by atoms with Crippen molar-refractivity contribution < 1.29 is 9.59 Å². The highest BCUT2D eigenvalue weighted by atomic mass is 32.1. The first kappa shape index (κ1) is 20.8. The number of aryl methyl sites for hydroxylation is 1. The van der Waals surface area contributed by atoms with Crippen molar-refractivity contribution in [2.75, 3.05) is 4.90 Å². The molecule has 1 unspecified atom stereocenters. The molecule has 1 aliphatic heterocycles. The van der Waals surface area contributed by atoms with E-state index in [1.165, 1.54) is 53.7 Å². The number of hydrogen-bond donors (Lipinski definition) is 1. The quantitative estimate of drug-likeness (QED) is 0.513. The Morgan fingerprint density at radius 2 is 1.65 bits per heavy atom. The van der Waals surface area contributed by atoms with Gasteiger partial charge in [0.05, 0.1) is 28.4 Å². The highest BCUT2D eigenvalue weighted by Gasteiger charge is 2.53. The fraction of sp³-hybridized carbons (Fsp3) is 0.464. The van der Waals surface area contributed by atoms with E-state index in [0.717, 1.165) is 33.8 Å². The molecule has 1 atom stereocenters. The van der Waals surface area contributed by atoms with E-state index in [2.05, 4.69) is 30.4 Å². The van der Waals surface area contributed by atoms with Gasteiger partial charge < -0.3 is 0 Å².